The van der Waals surface area contributed by atoms with Crippen LogP contribution in [-0.2, 0) is 11.3 Å². The van der Waals surface area contributed by atoms with Crippen molar-refractivity contribution >= 4 is 17.5 Å². The van der Waals surface area contributed by atoms with Crippen molar-refractivity contribution in [2.75, 3.05) is 13.1 Å². The number of hydrogen-bond donors (Lipinski definition) is 1. The monoisotopic (exact) mass is 404 g/mol. The van der Waals surface area contributed by atoms with Crippen LogP contribution in [0.15, 0.2) is 18.2 Å². The molecule has 5 aliphatic rings. The van der Waals surface area contributed by atoms with Crippen molar-refractivity contribution in [3.05, 3.63) is 34.6 Å². The Morgan fingerprint density at radius 3 is 2.29 bits per heavy atom. The van der Waals surface area contributed by atoms with Crippen molar-refractivity contribution in [2.45, 2.75) is 63.5 Å². The minimum atomic E-state index is -0.241. The zero-order valence-electron chi connectivity index (χ0n) is 16.4. The number of carbonyl (C=O) groups excluding carboxylic acids is 1. The third-order valence-corrected chi connectivity index (χ3v) is 8.18. The van der Waals surface area contributed by atoms with Gasteiger partial charge in [-0.1, -0.05) is 17.7 Å². The van der Waals surface area contributed by atoms with Gasteiger partial charge in [-0.15, -0.1) is 0 Å². The normalized spacial score (nSPS) is 35.3. The summed E-state index contributed by atoms with van der Waals surface area (Å²) in [5.41, 5.74) is 0.671. The van der Waals surface area contributed by atoms with Crippen LogP contribution in [-0.4, -0.2) is 29.4 Å². The minimum Gasteiger partial charge on any atom is -0.350 e. The molecule has 1 aromatic rings. The maximum absolute atomic E-state index is 14.0. The van der Waals surface area contributed by atoms with E-state index < -0.39 is 0 Å². The molecule has 1 amide bonds. The topological polar surface area (TPSA) is 32.3 Å². The smallest absolute Gasteiger partial charge is 0.223 e. The molecule has 1 heterocycles. The van der Waals surface area contributed by atoms with Crippen LogP contribution in [0.25, 0.3) is 0 Å². The van der Waals surface area contributed by atoms with Gasteiger partial charge in [0, 0.05) is 28.6 Å². The number of piperidine rings is 1. The molecule has 4 saturated carbocycles. The van der Waals surface area contributed by atoms with Gasteiger partial charge in [0.15, 0.2) is 0 Å². The highest BCUT2D eigenvalue weighted by atomic mass is 35.5. The second-order valence-corrected chi connectivity index (χ2v) is 10.3. The molecule has 4 aliphatic carbocycles. The largest absolute Gasteiger partial charge is 0.350 e. The van der Waals surface area contributed by atoms with Crippen LogP contribution < -0.4 is 5.32 Å². The van der Waals surface area contributed by atoms with Gasteiger partial charge in [0.05, 0.1) is 0 Å². The molecule has 1 N–H and O–H groups in total. The van der Waals surface area contributed by atoms with Crippen molar-refractivity contribution in [3.8, 4) is 0 Å². The molecule has 1 aliphatic heterocycles. The molecule has 28 heavy (non-hydrogen) atoms. The molecule has 6 rings (SSSR count). The Labute approximate surface area is 172 Å². The molecule has 0 spiro atoms. The van der Waals surface area contributed by atoms with E-state index in [1.54, 1.807) is 12.1 Å². The Hall–Kier alpha value is -1.13. The summed E-state index contributed by atoms with van der Waals surface area (Å²) in [6, 6.07) is 4.85. The number of likely N-dealkylation sites (tertiary alicyclic amines) is 1. The number of nitrogens with zero attached hydrogens (tertiary/aromatic N) is 1. The summed E-state index contributed by atoms with van der Waals surface area (Å²) >= 11 is 6.17. The van der Waals surface area contributed by atoms with Gasteiger partial charge in [0.25, 0.3) is 0 Å². The summed E-state index contributed by atoms with van der Waals surface area (Å²) in [7, 11) is 0. The van der Waals surface area contributed by atoms with Gasteiger partial charge in [-0.05, 0) is 94.3 Å². The molecular weight excluding hydrogens is 375 g/mol. The van der Waals surface area contributed by atoms with E-state index in [-0.39, 0.29) is 23.2 Å². The molecule has 0 radical (unpaired) electrons. The Morgan fingerprint density at radius 1 is 1.11 bits per heavy atom. The lowest BCUT2D eigenvalue weighted by molar-refractivity contribution is -0.132. The quantitative estimate of drug-likeness (QED) is 0.783. The lowest BCUT2D eigenvalue weighted by atomic mass is 9.53. The predicted octanol–water partition coefficient (Wildman–Crippen LogP) is 4.78. The fourth-order valence-corrected chi connectivity index (χ4v) is 7.11. The van der Waals surface area contributed by atoms with Crippen LogP contribution in [0.2, 0.25) is 5.02 Å². The summed E-state index contributed by atoms with van der Waals surface area (Å²) in [5, 5.41) is 4.03. The van der Waals surface area contributed by atoms with E-state index in [2.05, 4.69) is 10.2 Å². The van der Waals surface area contributed by atoms with Crippen LogP contribution in [0.1, 0.15) is 56.9 Å². The zero-order valence-corrected chi connectivity index (χ0v) is 17.2. The molecule has 152 valence electrons. The lowest BCUT2D eigenvalue weighted by Crippen LogP contribution is -2.61. The zero-order chi connectivity index (χ0) is 19.3. The highest BCUT2D eigenvalue weighted by molar-refractivity contribution is 6.31. The van der Waals surface area contributed by atoms with Gasteiger partial charge in [0.2, 0.25) is 5.91 Å². The van der Waals surface area contributed by atoms with Crippen LogP contribution in [0.3, 0.4) is 0 Å². The fraction of sp³-hybridized carbons (Fsp3) is 0.696. The molecule has 1 saturated heterocycles. The van der Waals surface area contributed by atoms with E-state index in [9.17, 15) is 9.18 Å². The molecular formula is C23H30ClFN2O. The van der Waals surface area contributed by atoms with Crippen molar-refractivity contribution in [3.63, 3.8) is 0 Å². The Balaban J connectivity index is 1.17. The standard InChI is InChI=1S/C23H30ClFN2O/c24-20-2-1-3-21(25)19(20)14-27-6-4-18(5-7-27)22(28)26-23-11-15-8-16(12-23)10-17(9-15)13-23/h1-3,15-18H,4-14H2,(H,26,28). The molecule has 0 unspecified atom stereocenters. The van der Waals surface area contributed by atoms with Gasteiger partial charge < -0.3 is 5.32 Å². The molecule has 3 nitrogen and oxygen atoms in total. The molecule has 0 aromatic heterocycles. The first-order valence-electron chi connectivity index (χ1n) is 11.0. The van der Waals surface area contributed by atoms with Gasteiger partial charge in [-0.3, -0.25) is 9.69 Å². The Kier molecular flexibility index (Phi) is 4.91. The Morgan fingerprint density at radius 2 is 1.71 bits per heavy atom. The van der Waals surface area contributed by atoms with Gasteiger partial charge in [0.1, 0.15) is 5.82 Å². The average Bonchev–Trinajstić information content (AvgIpc) is 2.64. The number of benzene rings is 1. The second-order valence-electron chi connectivity index (χ2n) is 9.94. The van der Waals surface area contributed by atoms with Crippen LogP contribution in [0, 0.1) is 29.5 Å². The number of halogens is 2. The minimum absolute atomic E-state index is 0.0975. The van der Waals surface area contributed by atoms with Gasteiger partial charge >= 0.3 is 0 Å². The average molecular weight is 405 g/mol. The van der Waals surface area contributed by atoms with E-state index in [0.29, 0.717) is 17.1 Å². The maximum Gasteiger partial charge on any atom is 0.223 e. The third kappa shape index (κ3) is 3.59. The first kappa shape index (κ1) is 18.9. The fourth-order valence-electron chi connectivity index (χ4n) is 6.89. The molecule has 5 fully saturated rings. The van der Waals surface area contributed by atoms with Crippen molar-refractivity contribution < 1.29 is 9.18 Å². The lowest BCUT2D eigenvalue weighted by Gasteiger charge is -2.57. The number of amides is 1. The van der Waals surface area contributed by atoms with E-state index >= 15 is 0 Å². The summed E-state index contributed by atoms with van der Waals surface area (Å²) in [6.07, 6.45) is 9.50. The first-order chi connectivity index (χ1) is 13.5. The van der Waals surface area contributed by atoms with Crippen LogP contribution in [0.4, 0.5) is 4.39 Å². The highest BCUT2D eigenvalue weighted by Crippen LogP contribution is 2.55. The number of rotatable bonds is 4. The summed E-state index contributed by atoms with van der Waals surface area (Å²) in [4.78, 5) is 15.3. The van der Waals surface area contributed by atoms with Crippen LogP contribution >= 0.6 is 11.6 Å². The molecule has 1 aromatic carbocycles. The summed E-state index contributed by atoms with van der Waals surface area (Å²) in [6.45, 7) is 2.17. The predicted molar refractivity (Wildman–Crippen MR) is 108 cm³/mol. The number of nitrogens with one attached hydrogen (secondary N) is 1. The maximum atomic E-state index is 14.0. The second kappa shape index (κ2) is 7.28. The number of hydrogen-bond acceptors (Lipinski definition) is 2. The van der Waals surface area contributed by atoms with E-state index in [1.807, 2.05) is 0 Å². The molecule has 5 heteroatoms. The molecule has 4 bridgehead atoms. The third-order valence-electron chi connectivity index (χ3n) is 7.83. The molecule has 0 atom stereocenters. The van der Waals surface area contributed by atoms with E-state index in [0.717, 1.165) is 43.7 Å². The van der Waals surface area contributed by atoms with Crippen molar-refractivity contribution in [1.29, 1.82) is 0 Å². The van der Waals surface area contributed by atoms with Crippen molar-refractivity contribution in [2.24, 2.45) is 23.7 Å². The SMILES string of the molecule is O=C(NC12CC3CC(CC(C3)C1)C2)C1CCN(Cc2c(F)cccc2Cl)CC1. The number of carbonyl (C=O) groups is 1. The van der Waals surface area contributed by atoms with Gasteiger partial charge in [-0.2, -0.15) is 0 Å². The van der Waals surface area contributed by atoms with Gasteiger partial charge in [-0.25, -0.2) is 4.39 Å². The Bertz CT molecular complexity index is 703. The van der Waals surface area contributed by atoms with Crippen molar-refractivity contribution in [1.82, 2.24) is 10.2 Å². The van der Waals surface area contributed by atoms with E-state index in [4.69, 9.17) is 11.6 Å². The summed E-state index contributed by atoms with van der Waals surface area (Å²) in [5.74, 6) is 2.66. The van der Waals surface area contributed by atoms with Crippen LogP contribution in [0.5, 0.6) is 0 Å². The summed E-state index contributed by atoms with van der Waals surface area (Å²) < 4.78 is 14.0. The highest BCUT2D eigenvalue weighted by Gasteiger charge is 2.51. The van der Waals surface area contributed by atoms with E-state index in [1.165, 1.54) is 44.6 Å². The first-order valence-corrected chi connectivity index (χ1v) is 11.3.